The Balaban J connectivity index is 1.83. The predicted molar refractivity (Wildman–Crippen MR) is 120 cm³/mol. The Labute approximate surface area is 199 Å². The number of ether oxygens (including phenoxy) is 3. The molecule has 3 aromatic rings. The minimum absolute atomic E-state index is 0.0343. The number of carbonyl (C=O) groups excluding carboxylic acids is 1. The van der Waals surface area contributed by atoms with Gasteiger partial charge in [-0.2, -0.15) is 13.2 Å². The largest absolute Gasteiger partial charge is 0.503 e. The number of esters is 1. The summed E-state index contributed by atoms with van der Waals surface area (Å²) in [6.45, 7) is 1.78. The van der Waals surface area contributed by atoms with Crippen molar-refractivity contribution in [2.45, 2.75) is 26.3 Å². The van der Waals surface area contributed by atoms with Crippen molar-refractivity contribution < 1.29 is 32.2 Å². The molecule has 6 nitrogen and oxygen atoms in total. The van der Waals surface area contributed by atoms with Gasteiger partial charge >= 0.3 is 12.1 Å². The van der Waals surface area contributed by atoms with Gasteiger partial charge in [0, 0.05) is 5.56 Å². The number of hydrogen-bond donors (Lipinski definition) is 0. The van der Waals surface area contributed by atoms with E-state index in [0.717, 1.165) is 12.1 Å². The number of nitrogens with zero attached hydrogens (tertiary/aromatic N) is 2. The highest BCUT2D eigenvalue weighted by atomic mass is 35.5. The molecule has 0 aliphatic carbocycles. The molecule has 10 heteroatoms. The summed E-state index contributed by atoms with van der Waals surface area (Å²) in [6.07, 6.45) is -3.15. The maximum absolute atomic E-state index is 13.0. The Bertz CT molecular complexity index is 1210. The van der Waals surface area contributed by atoms with E-state index in [1.54, 1.807) is 37.3 Å². The quantitative estimate of drug-likeness (QED) is 0.230. The molecule has 0 aliphatic heterocycles. The Kier molecular flexibility index (Phi) is 7.88. The molecule has 0 amide bonds. The lowest BCUT2D eigenvalue weighted by Gasteiger charge is -2.12. The molecule has 180 valence electrons. The zero-order valence-electron chi connectivity index (χ0n) is 18.6. The predicted octanol–water partition coefficient (Wildman–Crippen LogP) is 5.65. The molecule has 1 aromatic heterocycles. The van der Waals surface area contributed by atoms with Gasteiger partial charge in [-0.3, -0.25) is 0 Å². The second-order valence-electron chi connectivity index (χ2n) is 7.28. The maximum Gasteiger partial charge on any atom is 0.416 e. The molecule has 0 saturated carbocycles. The van der Waals surface area contributed by atoms with Crippen molar-refractivity contribution in [2.24, 2.45) is 0 Å². The van der Waals surface area contributed by atoms with Crippen molar-refractivity contribution in [1.29, 1.82) is 0 Å². The first kappa shape index (κ1) is 25.2. The third kappa shape index (κ3) is 5.72. The van der Waals surface area contributed by atoms with Gasteiger partial charge in [0.25, 0.3) is 0 Å². The fraction of sp³-hybridized carbons (Fsp3) is 0.250. The fourth-order valence-corrected chi connectivity index (χ4v) is 3.45. The van der Waals surface area contributed by atoms with E-state index in [2.05, 4.69) is 5.10 Å². The van der Waals surface area contributed by atoms with E-state index in [0.29, 0.717) is 22.3 Å². The molecule has 3 rings (SSSR count). The SMILES string of the molecule is CO/C=C(/C(=O)OC)c1ccccc1COc1nn(Cc2cccc(C(F)(F)F)c2)c(Cl)c1C. The summed E-state index contributed by atoms with van der Waals surface area (Å²) >= 11 is 6.37. The highest BCUT2D eigenvalue weighted by molar-refractivity contribution is 6.30. The first-order chi connectivity index (χ1) is 16.2. The van der Waals surface area contributed by atoms with E-state index in [-0.39, 0.29) is 29.8 Å². The van der Waals surface area contributed by atoms with Crippen LogP contribution in [-0.2, 0) is 33.6 Å². The molecular formula is C24H22ClF3N2O4. The van der Waals surface area contributed by atoms with Crippen molar-refractivity contribution in [1.82, 2.24) is 9.78 Å². The number of alkyl halides is 3. The maximum atomic E-state index is 13.0. The first-order valence-electron chi connectivity index (χ1n) is 10.1. The Morgan fingerprint density at radius 2 is 1.88 bits per heavy atom. The van der Waals surface area contributed by atoms with Gasteiger partial charge < -0.3 is 14.2 Å². The van der Waals surface area contributed by atoms with Gasteiger partial charge in [0.05, 0.1) is 32.6 Å². The van der Waals surface area contributed by atoms with E-state index in [4.69, 9.17) is 25.8 Å². The number of rotatable bonds is 8. The molecule has 0 bridgehead atoms. The summed E-state index contributed by atoms with van der Waals surface area (Å²) in [5.74, 6) is -0.346. The Morgan fingerprint density at radius 3 is 2.56 bits per heavy atom. The van der Waals surface area contributed by atoms with E-state index >= 15 is 0 Å². The molecule has 0 radical (unpaired) electrons. The van der Waals surface area contributed by atoms with Crippen LogP contribution in [0.4, 0.5) is 13.2 Å². The molecule has 0 fully saturated rings. The molecule has 1 heterocycles. The van der Waals surface area contributed by atoms with E-state index in [1.807, 2.05) is 0 Å². The summed E-state index contributed by atoms with van der Waals surface area (Å²) < 4.78 is 56.1. The number of hydrogen-bond acceptors (Lipinski definition) is 5. The van der Waals surface area contributed by atoms with Gasteiger partial charge in [-0.1, -0.05) is 48.0 Å². The summed E-state index contributed by atoms with van der Waals surface area (Å²) in [6, 6.07) is 12.0. The van der Waals surface area contributed by atoms with Crippen LogP contribution in [0.3, 0.4) is 0 Å². The average Bonchev–Trinajstić information content (AvgIpc) is 3.08. The van der Waals surface area contributed by atoms with Crippen LogP contribution in [0.5, 0.6) is 5.88 Å². The minimum atomic E-state index is -4.44. The smallest absolute Gasteiger partial charge is 0.416 e. The Morgan fingerprint density at radius 1 is 1.15 bits per heavy atom. The van der Waals surface area contributed by atoms with Crippen LogP contribution in [-0.4, -0.2) is 30.0 Å². The van der Waals surface area contributed by atoms with E-state index < -0.39 is 17.7 Å². The lowest BCUT2D eigenvalue weighted by atomic mass is 10.0. The van der Waals surface area contributed by atoms with Crippen LogP contribution in [0.25, 0.3) is 5.57 Å². The topological polar surface area (TPSA) is 62.6 Å². The number of aromatic nitrogens is 2. The van der Waals surface area contributed by atoms with Crippen LogP contribution < -0.4 is 4.74 Å². The van der Waals surface area contributed by atoms with Gasteiger partial charge in [-0.15, -0.1) is 5.10 Å². The lowest BCUT2D eigenvalue weighted by molar-refractivity contribution is -0.137. The zero-order valence-corrected chi connectivity index (χ0v) is 19.4. The van der Waals surface area contributed by atoms with Crippen molar-refractivity contribution in [3.63, 3.8) is 0 Å². The standard InChI is InChI=1S/C24H22ClF3N2O4/c1-15-21(25)30(12-16-7-6-9-18(11-16)24(26,27)28)29-22(15)34-13-17-8-4-5-10-19(17)20(14-32-2)23(31)33-3/h4-11,14H,12-13H2,1-3H3/b20-14+. The number of halogens is 4. The molecule has 0 spiro atoms. The highest BCUT2D eigenvalue weighted by Gasteiger charge is 2.30. The molecule has 34 heavy (non-hydrogen) atoms. The lowest BCUT2D eigenvalue weighted by Crippen LogP contribution is -2.09. The second-order valence-corrected chi connectivity index (χ2v) is 7.64. The molecule has 0 aliphatic rings. The fourth-order valence-electron chi connectivity index (χ4n) is 3.28. The number of carbonyl (C=O) groups is 1. The molecule has 0 unspecified atom stereocenters. The monoisotopic (exact) mass is 494 g/mol. The van der Waals surface area contributed by atoms with Crippen LogP contribution in [0.2, 0.25) is 5.15 Å². The van der Waals surface area contributed by atoms with Crippen molar-refractivity contribution in [3.8, 4) is 5.88 Å². The summed E-state index contributed by atoms with van der Waals surface area (Å²) in [7, 11) is 2.69. The first-order valence-corrected chi connectivity index (χ1v) is 10.4. The second kappa shape index (κ2) is 10.6. The third-order valence-corrected chi connectivity index (χ3v) is 5.45. The summed E-state index contributed by atoms with van der Waals surface area (Å²) in [4.78, 5) is 12.2. The van der Waals surface area contributed by atoms with Crippen molar-refractivity contribution >= 4 is 23.1 Å². The molecule has 0 saturated heterocycles. The van der Waals surface area contributed by atoms with Gasteiger partial charge in [-0.05, 0) is 35.7 Å². The average molecular weight is 495 g/mol. The van der Waals surface area contributed by atoms with Crippen molar-refractivity contribution in [3.05, 3.63) is 87.8 Å². The van der Waals surface area contributed by atoms with Crippen LogP contribution in [0.1, 0.15) is 27.8 Å². The molecule has 0 atom stereocenters. The molecule has 2 aromatic carbocycles. The van der Waals surface area contributed by atoms with Gasteiger partial charge in [-0.25, -0.2) is 9.48 Å². The van der Waals surface area contributed by atoms with Crippen molar-refractivity contribution in [2.75, 3.05) is 14.2 Å². The van der Waals surface area contributed by atoms with Gasteiger partial charge in [0.2, 0.25) is 5.88 Å². The zero-order chi connectivity index (χ0) is 24.9. The Hall–Kier alpha value is -3.46. The van der Waals surface area contributed by atoms with Gasteiger partial charge in [0.15, 0.2) is 0 Å². The summed E-state index contributed by atoms with van der Waals surface area (Å²) in [5, 5.41) is 4.57. The van der Waals surface area contributed by atoms with Crippen LogP contribution in [0, 0.1) is 6.92 Å². The summed E-state index contributed by atoms with van der Waals surface area (Å²) in [5.41, 5.74) is 1.62. The van der Waals surface area contributed by atoms with E-state index in [9.17, 15) is 18.0 Å². The van der Waals surface area contributed by atoms with Gasteiger partial charge in [0.1, 0.15) is 17.3 Å². The van der Waals surface area contributed by atoms with E-state index in [1.165, 1.54) is 31.2 Å². The molecular weight excluding hydrogens is 473 g/mol. The molecule has 0 N–H and O–H groups in total. The van der Waals surface area contributed by atoms with Crippen LogP contribution >= 0.6 is 11.6 Å². The minimum Gasteiger partial charge on any atom is -0.503 e. The highest BCUT2D eigenvalue weighted by Crippen LogP contribution is 2.31. The number of methoxy groups -OCH3 is 2. The number of benzene rings is 2. The van der Waals surface area contributed by atoms with Crippen LogP contribution in [0.15, 0.2) is 54.8 Å². The third-order valence-electron chi connectivity index (χ3n) is 4.97. The normalized spacial score (nSPS) is 11.9.